The number of rotatable bonds is 5. The fourth-order valence-electron chi connectivity index (χ4n) is 4.05. The van der Waals surface area contributed by atoms with Gasteiger partial charge < -0.3 is 5.32 Å². The number of ketones is 1. The molecule has 1 amide bonds. The molecule has 1 N–H and O–H groups in total. The highest BCUT2D eigenvalue weighted by atomic mass is 16.2. The van der Waals surface area contributed by atoms with E-state index >= 15 is 0 Å². The third-order valence-electron chi connectivity index (χ3n) is 5.60. The number of pyridine rings is 1. The molecule has 3 aromatic rings. The lowest BCUT2D eigenvalue weighted by Gasteiger charge is -2.16. The topological polar surface area (TPSA) is 76.9 Å². The lowest BCUT2D eigenvalue weighted by molar-refractivity contribution is -0.115. The second-order valence-electron chi connectivity index (χ2n) is 8.31. The van der Waals surface area contributed by atoms with Crippen molar-refractivity contribution in [2.45, 2.75) is 40.2 Å². The first-order chi connectivity index (χ1) is 14.8. The molecule has 6 heteroatoms. The Bertz CT molecular complexity index is 1230. The zero-order valence-electron chi connectivity index (χ0n) is 18.3. The van der Waals surface area contributed by atoms with Gasteiger partial charge in [0.1, 0.15) is 0 Å². The molecule has 158 valence electrons. The van der Waals surface area contributed by atoms with E-state index in [1.807, 2.05) is 42.8 Å². The number of nitrogens with zero attached hydrogens (tertiary/aromatic N) is 3. The van der Waals surface area contributed by atoms with Crippen molar-refractivity contribution >= 4 is 22.6 Å². The predicted molar refractivity (Wildman–Crippen MR) is 122 cm³/mol. The quantitative estimate of drug-likeness (QED) is 0.660. The summed E-state index contributed by atoms with van der Waals surface area (Å²) >= 11 is 0. The molecule has 0 radical (unpaired) electrons. The molecule has 1 aliphatic rings. The highest BCUT2D eigenvalue weighted by Crippen LogP contribution is 2.29. The fraction of sp³-hybridized carbons (Fsp3) is 0.280. The number of aromatic nitrogens is 3. The van der Waals surface area contributed by atoms with Gasteiger partial charge in [-0.15, -0.1) is 0 Å². The van der Waals surface area contributed by atoms with Crippen LogP contribution >= 0.6 is 0 Å². The van der Waals surface area contributed by atoms with Crippen LogP contribution in [0.25, 0.3) is 22.0 Å². The molecule has 2 aromatic heterocycles. The SMILES string of the molecule is CC1=CC(C)=C(CNC(=O)c2cc(-c3ccncc3)cc3c2cnn3C(C)C)C(=O)C1. The average molecular weight is 415 g/mol. The van der Waals surface area contributed by atoms with Gasteiger partial charge in [0.25, 0.3) is 5.91 Å². The molecule has 0 spiro atoms. The first-order valence-electron chi connectivity index (χ1n) is 10.4. The molecule has 31 heavy (non-hydrogen) atoms. The smallest absolute Gasteiger partial charge is 0.252 e. The Morgan fingerprint density at radius 2 is 1.90 bits per heavy atom. The molecular formula is C25H26N4O2. The Hall–Kier alpha value is -3.54. The van der Waals surface area contributed by atoms with Crippen molar-refractivity contribution < 1.29 is 9.59 Å². The van der Waals surface area contributed by atoms with Crippen LogP contribution in [-0.4, -0.2) is 33.0 Å². The number of carbonyl (C=O) groups excluding carboxylic acids is 2. The van der Waals surface area contributed by atoms with Crippen LogP contribution in [0.4, 0.5) is 0 Å². The van der Waals surface area contributed by atoms with Crippen molar-refractivity contribution in [1.82, 2.24) is 20.1 Å². The van der Waals surface area contributed by atoms with Gasteiger partial charge in [-0.2, -0.15) is 5.10 Å². The summed E-state index contributed by atoms with van der Waals surface area (Å²) in [4.78, 5) is 29.7. The molecule has 0 bridgehead atoms. The van der Waals surface area contributed by atoms with Gasteiger partial charge in [0.2, 0.25) is 0 Å². The number of amides is 1. The van der Waals surface area contributed by atoms with Crippen LogP contribution in [0, 0.1) is 0 Å². The third-order valence-corrected chi connectivity index (χ3v) is 5.60. The highest BCUT2D eigenvalue weighted by molar-refractivity contribution is 6.08. The molecule has 0 unspecified atom stereocenters. The molecule has 1 aromatic carbocycles. The molecule has 4 rings (SSSR count). The van der Waals surface area contributed by atoms with E-state index < -0.39 is 0 Å². The van der Waals surface area contributed by atoms with Gasteiger partial charge in [-0.25, -0.2) is 0 Å². The number of hydrogen-bond acceptors (Lipinski definition) is 4. The Morgan fingerprint density at radius 1 is 1.16 bits per heavy atom. The zero-order chi connectivity index (χ0) is 22.1. The van der Waals surface area contributed by atoms with E-state index in [2.05, 4.69) is 35.3 Å². The minimum atomic E-state index is -0.219. The molecule has 0 fully saturated rings. The minimum Gasteiger partial charge on any atom is -0.348 e. The maximum Gasteiger partial charge on any atom is 0.252 e. The van der Waals surface area contributed by atoms with E-state index in [-0.39, 0.29) is 24.3 Å². The second-order valence-corrected chi connectivity index (χ2v) is 8.31. The molecule has 0 aliphatic heterocycles. The van der Waals surface area contributed by atoms with Crippen LogP contribution in [0.15, 0.2) is 65.7 Å². The monoisotopic (exact) mass is 414 g/mol. The summed E-state index contributed by atoms with van der Waals surface area (Å²) in [5.41, 5.74) is 5.97. The summed E-state index contributed by atoms with van der Waals surface area (Å²) in [6.45, 7) is 8.20. The molecule has 0 saturated carbocycles. The van der Waals surface area contributed by atoms with Crippen LogP contribution in [-0.2, 0) is 4.79 Å². The van der Waals surface area contributed by atoms with Crippen LogP contribution in [0.5, 0.6) is 0 Å². The lowest BCUT2D eigenvalue weighted by Crippen LogP contribution is -2.29. The maximum atomic E-state index is 13.2. The molecule has 2 heterocycles. The first kappa shape index (κ1) is 20.7. The fourth-order valence-corrected chi connectivity index (χ4v) is 4.05. The molecular weight excluding hydrogens is 388 g/mol. The first-order valence-corrected chi connectivity index (χ1v) is 10.4. The van der Waals surface area contributed by atoms with Crippen molar-refractivity contribution in [3.8, 4) is 11.1 Å². The predicted octanol–water partition coefficient (Wildman–Crippen LogP) is 4.64. The number of nitrogens with one attached hydrogen (secondary N) is 1. The van der Waals surface area contributed by atoms with Gasteiger partial charge in [0.15, 0.2) is 5.78 Å². The van der Waals surface area contributed by atoms with Crippen molar-refractivity contribution in [1.29, 1.82) is 0 Å². The number of fused-ring (bicyclic) bond motifs is 1. The minimum absolute atomic E-state index is 0.0705. The number of Topliss-reactive ketones (excluding diaryl/α,β-unsaturated/α-hetero) is 1. The summed E-state index contributed by atoms with van der Waals surface area (Å²) in [6, 6.07) is 7.93. The summed E-state index contributed by atoms with van der Waals surface area (Å²) in [7, 11) is 0. The summed E-state index contributed by atoms with van der Waals surface area (Å²) in [5, 5.41) is 8.26. The zero-order valence-corrected chi connectivity index (χ0v) is 18.3. The van der Waals surface area contributed by atoms with Crippen molar-refractivity contribution in [3.63, 3.8) is 0 Å². The summed E-state index contributed by atoms with van der Waals surface area (Å²) in [5.74, 6) is -0.148. The van der Waals surface area contributed by atoms with E-state index in [9.17, 15) is 9.59 Å². The number of carbonyl (C=O) groups is 2. The standard InChI is InChI=1S/C25H26N4O2/c1-15(2)29-23-12-19(18-5-7-26-8-6-18)11-20(22(23)14-28-29)25(31)27-13-21-17(4)9-16(3)10-24(21)30/h5-9,11-12,14-15H,10,13H2,1-4H3,(H,27,31). The second kappa shape index (κ2) is 8.30. The van der Waals surface area contributed by atoms with E-state index in [0.717, 1.165) is 33.2 Å². The van der Waals surface area contributed by atoms with Gasteiger partial charge in [0.05, 0.1) is 17.3 Å². The molecule has 6 nitrogen and oxygen atoms in total. The van der Waals surface area contributed by atoms with Crippen LogP contribution in [0.2, 0.25) is 0 Å². The molecule has 1 aliphatic carbocycles. The highest BCUT2D eigenvalue weighted by Gasteiger charge is 2.21. The maximum absolute atomic E-state index is 13.2. The average Bonchev–Trinajstić information content (AvgIpc) is 3.17. The third kappa shape index (κ3) is 4.06. The number of benzene rings is 1. The molecule has 0 saturated heterocycles. The van der Waals surface area contributed by atoms with E-state index in [4.69, 9.17) is 0 Å². The van der Waals surface area contributed by atoms with Gasteiger partial charge in [-0.05, 0) is 68.7 Å². The Morgan fingerprint density at radius 3 is 2.58 bits per heavy atom. The van der Waals surface area contributed by atoms with E-state index in [1.54, 1.807) is 18.6 Å². The van der Waals surface area contributed by atoms with Crippen molar-refractivity contribution in [2.24, 2.45) is 0 Å². The van der Waals surface area contributed by atoms with E-state index in [0.29, 0.717) is 17.6 Å². The van der Waals surface area contributed by atoms with Gasteiger partial charge >= 0.3 is 0 Å². The summed E-state index contributed by atoms with van der Waals surface area (Å²) in [6.07, 6.45) is 7.63. The van der Waals surface area contributed by atoms with Crippen molar-refractivity contribution in [3.05, 3.63) is 71.2 Å². The van der Waals surface area contributed by atoms with Crippen LogP contribution < -0.4 is 5.32 Å². The Kier molecular flexibility index (Phi) is 5.55. The van der Waals surface area contributed by atoms with Gasteiger partial charge in [-0.1, -0.05) is 11.6 Å². The van der Waals surface area contributed by atoms with Gasteiger partial charge in [0, 0.05) is 42.4 Å². The molecule has 0 atom stereocenters. The lowest BCUT2D eigenvalue weighted by atomic mass is 9.92. The van der Waals surface area contributed by atoms with E-state index in [1.165, 1.54) is 0 Å². The Labute approximate surface area is 181 Å². The normalized spacial score (nSPS) is 14.4. The summed E-state index contributed by atoms with van der Waals surface area (Å²) < 4.78 is 1.92. The van der Waals surface area contributed by atoms with Crippen molar-refractivity contribution in [2.75, 3.05) is 6.54 Å². The Balaban J connectivity index is 1.73. The largest absolute Gasteiger partial charge is 0.348 e. The van der Waals surface area contributed by atoms with Gasteiger partial charge in [-0.3, -0.25) is 19.3 Å². The van der Waals surface area contributed by atoms with Crippen LogP contribution in [0.1, 0.15) is 50.5 Å². The number of allylic oxidation sites excluding steroid dienone is 3. The number of hydrogen-bond donors (Lipinski definition) is 1. The van der Waals surface area contributed by atoms with Crippen LogP contribution in [0.3, 0.4) is 0 Å².